The maximum Gasteiger partial charge on any atom is 0.330 e. The largest absolute Gasteiger partial charge is 0.466 e. The molecule has 0 aliphatic rings. The van der Waals surface area contributed by atoms with Gasteiger partial charge in [-0.3, -0.25) is 0 Å². The van der Waals surface area contributed by atoms with Crippen LogP contribution >= 0.6 is 0 Å². The Morgan fingerprint density at radius 2 is 2.33 bits per heavy atom. The molecule has 0 saturated heterocycles. The lowest BCUT2D eigenvalue weighted by Gasteiger charge is -2.03. The van der Waals surface area contributed by atoms with Crippen molar-refractivity contribution in [2.75, 3.05) is 7.11 Å². The summed E-state index contributed by atoms with van der Waals surface area (Å²) in [6.45, 7) is 2.01. The maximum absolute atomic E-state index is 10.6. The molecule has 0 aromatic carbocycles. The van der Waals surface area contributed by atoms with Gasteiger partial charge in [-0.2, -0.15) is 0 Å². The molecule has 3 nitrogen and oxygen atoms in total. The molecule has 12 heavy (non-hydrogen) atoms. The lowest BCUT2D eigenvalue weighted by atomic mass is 10.1. The molecule has 0 spiro atoms. The molecule has 0 radical (unpaired) electrons. The molecule has 0 aliphatic carbocycles. The Bertz CT molecular complexity index is 152. The summed E-state index contributed by atoms with van der Waals surface area (Å²) in [4.78, 5) is 10.6. The number of rotatable bonds is 5. The predicted molar refractivity (Wildman–Crippen MR) is 46.7 cm³/mol. The second-order valence-electron chi connectivity index (χ2n) is 2.60. The van der Waals surface area contributed by atoms with Crippen molar-refractivity contribution in [3.8, 4) is 0 Å². The van der Waals surface area contributed by atoms with Crippen LogP contribution in [0.25, 0.3) is 0 Å². The number of esters is 1. The van der Waals surface area contributed by atoms with E-state index in [2.05, 4.69) is 4.74 Å². The molecule has 0 aromatic rings. The Hall–Kier alpha value is -0.830. The number of aliphatic hydroxyl groups is 1. The zero-order chi connectivity index (χ0) is 9.40. The Balaban J connectivity index is 3.52. The van der Waals surface area contributed by atoms with Crippen molar-refractivity contribution in [1.82, 2.24) is 0 Å². The fourth-order valence-electron chi connectivity index (χ4n) is 0.840. The van der Waals surface area contributed by atoms with E-state index < -0.39 is 0 Å². The van der Waals surface area contributed by atoms with Gasteiger partial charge in [-0.1, -0.05) is 19.4 Å². The summed E-state index contributed by atoms with van der Waals surface area (Å²) in [5.41, 5.74) is 0. The van der Waals surface area contributed by atoms with Crippen molar-refractivity contribution >= 4 is 5.97 Å². The van der Waals surface area contributed by atoms with Gasteiger partial charge in [-0.05, 0) is 12.8 Å². The monoisotopic (exact) mass is 172 g/mol. The van der Waals surface area contributed by atoms with E-state index in [1.54, 1.807) is 6.08 Å². The van der Waals surface area contributed by atoms with E-state index in [4.69, 9.17) is 0 Å². The molecule has 0 rings (SSSR count). The molecule has 0 saturated carbocycles. The van der Waals surface area contributed by atoms with Crippen LogP contribution in [-0.2, 0) is 9.53 Å². The van der Waals surface area contributed by atoms with Gasteiger partial charge >= 0.3 is 5.97 Å². The minimum absolute atomic E-state index is 0.337. The van der Waals surface area contributed by atoms with Gasteiger partial charge in [-0.25, -0.2) is 4.79 Å². The van der Waals surface area contributed by atoms with E-state index in [0.29, 0.717) is 6.42 Å². The van der Waals surface area contributed by atoms with Crippen molar-refractivity contribution < 1.29 is 14.6 Å². The summed E-state index contributed by atoms with van der Waals surface area (Å²) >= 11 is 0. The van der Waals surface area contributed by atoms with Crippen LogP contribution in [0.3, 0.4) is 0 Å². The fourth-order valence-corrected chi connectivity index (χ4v) is 0.840. The molecule has 1 atom stereocenters. The molecule has 0 amide bonds. The van der Waals surface area contributed by atoms with Gasteiger partial charge in [-0.15, -0.1) is 0 Å². The molecule has 70 valence electrons. The first-order chi connectivity index (χ1) is 5.70. The highest BCUT2D eigenvalue weighted by Crippen LogP contribution is 2.01. The first-order valence-electron chi connectivity index (χ1n) is 4.13. The summed E-state index contributed by atoms with van der Waals surface area (Å²) in [6.07, 6.45) is 4.86. The Morgan fingerprint density at radius 3 is 2.83 bits per heavy atom. The predicted octanol–water partition coefficient (Wildman–Crippen LogP) is 1.27. The number of carbonyl (C=O) groups is 1. The SMILES string of the molecule is CCC[C@H](O)C/C=C/C(=O)OC. The third kappa shape index (κ3) is 5.92. The van der Waals surface area contributed by atoms with Gasteiger partial charge in [0.15, 0.2) is 0 Å². The molecule has 0 aromatic heterocycles. The van der Waals surface area contributed by atoms with Gasteiger partial charge < -0.3 is 9.84 Å². The smallest absolute Gasteiger partial charge is 0.330 e. The Morgan fingerprint density at radius 1 is 1.67 bits per heavy atom. The third-order valence-corrected chi connectivity index (χ3v) is 1.49. The fraction of sp³-hybridized carbons (Fsp3) is 0.667. The number of methoxy groups -OCH3 is 1. The van der Waals surface area contributed by atoms with Crippen LogP contribution in [0.2, 0.25) is 0 Å². The van der Waals surface area contributed by atoms with Crippen molar-refractivity contribution in [3.05, 3.63) is 12.2 Å². The van der Waals surface area contributed by atoms with Crippen LogP contribution in [-0.4, -0.2) is 24.3 Å². The van der Waals surface area contributed by atoms with Crippen LogP contribution in [0.1, 0.15) is 26.2 Å². The standard InChI is InChI=1S/C9H16O3/c1-3-5-8(10)6-4-7-9(11)12-2/h4,7-8,10H,3,5-6H2,1-2H3/b7-4+/t8-/m0/s1. The molecular formula is C9H16O3. The summed E-state index contributed by atoms with van der Waals surface area (Å²) in [6, 6.07) is 0. The van der Waals surface area contributed by atoms with Gasteiger partial charge in [0, 0.05) is 6.08 Å². The zero-order valence-corrected chi connectivity index (χ0v) is 7.62. The molecule has 0 heterocycles. The highest BCUT2D eigenvalue weighted by atomic mass is 16.5. The second kappa shape index (κ2) is 6.85. The van der Waals surface area contributed by atoms with E-state index in [1.807, 2.05) is 6.92 Å². The number of hydrogen-bond acceptors (Lipinski definition) is 3. The maximum atomic E-state index is 10.6. The van der Waals surface area contributed by atoms with E-state index in [-0.39, 0.29) is 12.1 Å². The summed E-state index contributed by atoms with van der Waals surface area (Å²) in [7, 11) is 1.33. The summed E-state index contributed by atoms with van der Waals surface area (Å²) in [5.74, 6) is -0.376. The Kier molecular flexibility index (Phi) is 6.38. The summed E-state index contributed by atoms with van der Waals surface area (Å²) < 4.78 is 4.38. The van der Waals surface area contributed by atoms with Crippen LogP contribution in [0.4, 0.5) is 0 Å². The van der Waals surface area contributed by atoms with Crippen LogP contribution in [0, 0.1) is 0 Å². The quantitative estimate of drug-likeness (QED) is 0.501. The minimum Gasteiger partial charge on any atom is -0.466 e. The third-order valence-electron chi connectivity index (χ3n) is 1.49. The zero-order valence-electron chi connectivity index (χ0n) is 7.62. The highest BCUT2D eigenvalue weighted by molar-refractivity contribution is 5.81. The molecule has 0 unspecified atom stereocenters. The molecule has 0 fully saturated rings. The highest BCUT2D eigenvalue weighted by Gasteiger charge is 1.99. The van der Waals surface area contributed by atoms with Crippen molar-refractivity contribution in [1.29, 1.82) is 0 Å². The lowest BCUT2D eigenvalue weighted by Crippen LogP contribution is -2.04. The van der Waals surface area contributed by atoms with Crippen molar-refractivity contribution in [2.45, 2.75) is 32.3 Å². The Labute approximate surface area is 73.0 Å². The van der Waals surface area contributed by atoms with Gasteiger partial charge in [0.1, 0.15) is 0 Å². The van der Waals surface area contributed by atoms with E-state index in [9.17, 15) is 9.90 Å². The van der Waals surface area contributed by atoms with Gasteiger partial charge in [0.2, 0.25) is 0 Å². The van der Waals surface area contributed by atoms with Crippen molar-refractivity contribution in [3.63, 3.8) is 0 Å². The average Bonchev–Trinajstić information content (AvgIpc) is 2.04. The molecule has 1 N–H and O–H groups in total. The van der Waals surface area contributed by atoms with E-state index >= 15 is 0 Å². The normalized spacial score (nSPS) is 13.2. The van der Waals surface area contributed by atoms with Crippen LogP contribution in [0.15, 0.2) is 12.2 Å². The lowest BCUT2D eigenvalue weighted by molar-refractivity contribution is -0.134. The number of ether oxygens (including phenoxy) is 1. The van der Waals surface area contributed by atoms with E-state index in [0.717, 1.165) is 12.8 Å². The first-order valence-corrected chi connectivity index (χ1v) is 4.13. The number of carbonyl (C=O) groups excluding carboxylic acids is 1. The van der Waals surface area contributed by atoms with Crippen LogP contribution < -0.4 is 0 Å². The number of aliphatic hydroxyl groups excluding tert-OH is 1. The molecule has 0 aliphatic heterocycles. The van der Waals surface area contributed by atoms with Crippen molar-refractivity contribution in [2.24, 2.45) is 0 Å². The van der Waals surface area contributed by atoms with Crippen LogP contribution in [0.5, 0.6) is 0 Å². The first kappa shape index (κ1) is 11.2. The summed E-state index contributed by atoms with van der Waals surface area (Å²) in [5, 5.41) is 9.23. The molecule has 3 heteroatoms. The molecular weight excluding hydrogens is 156 g/mol. The number of hydrogen-bond donors (Lipinski definition) is 1. The average molecular weight is 172 g/mol. The van der Waals surface area contributed by atoms with Gasteiger partial charge in [0.05, 0.1) is 13.2 Å². The minimum atomic E-state index is -0.376. The topological polar surface area (TPSA) is 46.5 Å². The van der Waals surface area contributed by atoms with Gasteiger partial charge in [0.25, 0.3) is 0 Å². The van der Waals surface area contributed by atoms with E-state index in [1.165, 1.54) is 13.2 Å². The second-order valence-corrected chi connectivity index (χ2v) is 2.60. The molecule has 0 bridgehead atoms.